The molecule has 0 unspecified atom stereocenters. The predicted molar refractivity (Wildman–Crippen MR) is 81.5 cm³/mol. The normalized spacial score (nSPS) is 12.0. The second-order valence-electron chi connectivity index (χ2n) is 5.94. The summed E-state index contributed by atoms with van der Waals surface area (Å²) in [5.41, 5.74) is 1.41. The first-order valence-electron chi connectivity index (χ1n) is 7.19. The summed E-state index contributed by atoms with van der Waals surface area (Å²) in [6.07, 6.45) is 6.40. The van der Waals surface area contributed by atoms with Crippen LogP contribution in [0.1, 0.15) is 64.1 Å². The first kappa shape index (κ1) is 15.6. The number of nitrogens with zero attached hydrogens (tertiary/aromatic N) is 1. The van der Waals surface area contributed by atoms with E-state index in [4.69, 9.17) is 4.98 Å². The van der Waals surface area contributed by atoms with Crippen molar-refractivity contribution in [2.75, 3.05) is 13.1 Å². The van der Waals surface area contributed by atoms with Gasteiger partial charge in [0, 0.05) is 23.8 Å². The van der Waals surface area contributed by atoms with Crippen molar-refractivity contribution in [1.29, 1.82) is 0 Å². The van der Waals surface area contributed by atoms with Crippen LogP contribution in [0.2, 0.25) is 0 Å². The van der Waals surface area contributed by atoms with Crippen molar-refractivity contribution < 1.29 is 0 Å². The monoisotopic (exact) mass is 268 g/mol. The van der Waals surface area contributed by atoms with Gasteiger partial charge in [0.15, 0.2) is 0 Å². The molecule has 0 atom stereocenters. The number of hydrogen-bond acceptors (Lipinski definition) is 3. The summed E-state index contributed by atoms with van der Waals surface area (Å²) in [5, 5.41) is 6.98. The van der Waals surface area contributed by atoms with Gasteiger partial charge in [-0.15, -0.1) is 11.3 Å². The van der Waals surface area contributed by atoms with Gasteiger partial charge < -0.3 is 5.32 Å². The summed E-state index contributed by atoms with van der Waals surface area (Å²) < 4.78 is 0. The zero-order chi connectivity index (χ0) is 13.4. The Balaban J connectivity index is 2.14. The number of rotatable bonds is 8. The van der Waals surface area contributed by atoms with Crippen LogP contribution in [0.15, 0.2) is 5.38 Å². The molecule has 0 aliphatic heterocycles. The molecular formula is C15H28N2S. The maximum Gasteiger partial charge on any atom is 0.0941 e. The van der Waals surface area contributed by atoms with Crippen LogP contribution in [-0.4, -0.2) is 18.1 Å². The van der Waals surface area contributed by atoms with Crippen molar-refractivity contribution in [2.45, 2.75) is 65.2 Å². The van der Waals surface area contributed by atoms with Gasteiger partial charge in [0.2, 0.25) is 0 Å². The lowest BCUT2D eigenvalue weighted by Crippen LogP contribution is -2.18. The summed E-state index contributed by atoms with van der Waals surface area (Å²) >= 11 is 1.80. The predicted octanol–water partition coefficient (Wildman–Crippen LogP) is 4.15. The lowest BCUT2D eigenvalue weighted by atomic mass is 9.93. The van der Waals surface area contributed by atoms with E-state index < -0.39 is 0 Å². The minimum atomic E-state index is 0.183. The fourth-order valence-corrected chi connectivity index (χ4v) is 2.79. The van der Waals surface area contributed by atoms with Crippen LogP contribution in [-0.2, 0) is 11.8 Å². The SMILES string of the molecule is CCCCCCNCCc1nc(C(C)(C)C)cs1. The highest BCUT2D eigenvalue weighted by molar-refractivity contribution is 7.09. The van der Waals surface area contributed by atoms with Crippen molar-refractivity contribution in [3.05, 3.63) is 16.1 Å². The van der Waals surface area contributed by atoms with E-state index in [1.54, 1.807) is 11.3 Å². The standard InChI is InChI=1S/C15H28N2S/c1-5-6-7-8-10-16-11-9-14-17-13(12-18-14)15(2,3)4/h12,16H,5-11H2,1-4H3. The molecule has 0 aliphatic rings. The molecule has 0 bridgehead atoms. The Labute approximate surface area is 116 Å². The van der Waals surface area contributed by atoms with E-state index in [0.717, 1.165) is 19.5 Å². The Kier molecular flexibility index (Phi) is 6.87. The Hall–Kier alpha value is -0.410. The number of unbranched alkanes of at least 4 members (excludes halogenated alkanes) is 3. The zero-order valence-corrected chi connectivity index (χ0v) is 13.2. The van der Waals surface area contributed by atoms with Crippen LogP contribution < -0.4 is 5.32 Å². The van der Waals surface area contributed by atoms with Crippen LogP contribution >= 0.6 is 11.3 Å². The summed E-state index contributed by atoms with van der Waals surface area (Å²) in [5.74, 6) is 0. The fraction of sp³-hybridized carbons (Fsp3) is 0.800. The van der Waals surface area contributed by atoms with Gasteiger partial charge in [0.05, 0.1) is 10.7 Å². The lowest BCUT2D eigenvalue weighted by Gasteiger charge is -2.14. The molecule has 0 saturated heterocycles. The first-order chi connectivity index (χ1) is 8.54. The van der Waals surface area contributed by atoms with Crippen LogP contribution in [0.3, 0.4) is 0 Å². The molecular weight excluding hydrogens is 240 g/mol. The summed E-state index contributed by atoms with van der Waals surface area (Å²) in [6.45, 7) is 11.1. The van der Waals surface area contributed by atoms with Crippen molar-refractivity contribution in [3.63, 3.8) is 0 Å². The smallest absolute Gasteiger partial charge is 0.0941 e. The molecule has 0 saturated carbocycles. The van der Waals surface area contributed by atoms with Gasteiger partial charge in [-0.25, -0.2) is 4.98 Å². The molecule has 0 aliphatic carbocycles. The van der Waals surface area contributed by atoms with Crippen LogP contribution in [0.4, 0.5) is 0 Å². The third-order valence-corrected chi connectivity index (χ3v) is 3.95. The number of aromatic nitrogens is 1. The highest BCUT2D eigenvalue weighted by Crippen LogP contribution is 2.23. The molecule has 0 aromatic carbocycles. The molecule has 0 fully saturated rings. The molecule has 1 aromatic rings. The Morgan fingerprint density at radius 1 is 1.17 bits per heavy atom. The molecule has 1 heterocycles. The Morgan fingerprint density at radius 2 is 1.94 bits per heavy atom. The van der Waals surface area contributed by atoms with E-state index in [1.807, 2.05) is 0 Å². The van der Waals surface area contributed by atoms with Crippen molar-refractivity contribution in [2.24, 2.45) is 0 Å². The van der Waals surface area contributed by atoms with Gasteiger partial charge >= 0.3 is 0 Å². The molecule has 1 rings (SSSR count). The number of hydrogen-bond donors (Lipinski definition) is 1. The average molecular weight is 268 g/mol. The molecule has 0 radical (unpaired) electrons. The van der Waals surface area contributed by atoms with E-state index in [-0.39, 0.29) is 5.41 Å². The Bertz CT molecular complexity index is 325. The van der Waals surface area contributed by atoms with Gasteiger partial charge in [0.25, 0.3) is 0 Å². The maximum absolute atomic E-state index is 4.71. The Morgan fingerprint density at radius 3 is 2.56 bits per heavy atom. The minimum Gasteiger partial charge on any atom is -0.316 e. The molecule has 18 heavy (non-hydrogen) atoms. The largest absolute Gasteiger partial charge is 0.316 e. The van der Waals surface area contributed by atoms with Crippen LogP contribution in [0.25, 0.3) is 0 Å². The topological polar surface area (TPSA) is 24.9 Å². The molecule has 0 spiro atoms. The van der Waals surface area contributed by atoms with E-state index >= 15 is 0 Å². The summed E-state index contributed by atoms with van der Waals surface area (Å²) in [6, 6.07) is 0. The van der Waals surface area contributed by atoms with Crippen molar-refractivity contribution >= 4 is 11.3 Å². The van der Waals surface area contributed by atoms with E-state index in [2.05, 4.69) is 38.4 Å². The van der Waals surface area contributed by atoms with Crippen LogP contribution in [0.5, 0.6) is 0 Å². The average Bonchev–Trinajstić information content (AvgIpc) is 2.76. The van der Waals surface area contributed by atoms with E-state index in [0.29, 0.717) is 0 Å². The zero-order valence-electron chi connectivity index (χ0n) is 12.4. The second kappa shape index (κ2) is 7.90. The second-order valence-corrected chi connectivity index (χ2v) is 6.88. The van der Waals surface area contributed by atoms with Gasteiger partial charge in [0.1, 0.15) is 0 Å². The minimum absolute atomic E-state index is 0.183. The van der Waals surface area contributed by atoms with Gasteiger partial charge in [-0.1, -0.05) is 47.0 Å². The van der Waals surface area contributed by atoms with Gasteiger partial charge in [-0.2, -0.15) is 0 Å². The highest BCUT2D eigenvalue weighted by Gasteiger charge is 2.16. The van der Waals surface area contributed by atoms with E-state index in [1.165, 1.54) is 36.4 Å². The van der Waals surface area contributed by atoms with Crippen molar-refractivity contribution in [1.82, 2.24) is 10.3 Å². The third kappa shape index (κ3) is 5.96. The summed E-state index contributed by atoms with van der Waals surface area (Å²) in [4.78, 5) is 4.71. The first-order valence-corrected chi connectivity index (χ1v) is 8.07. The van der Waals surface area contributed by atoms with Crippen LogP contribution in [0, 0.1) is 0 Å². The quantitative estimate of drug-likeness (QED) is 0.716. The number of thiazole rings is 1. The fourth-order valence-electron chi connectivity index (χ4n) is 1.77. The highest BCUT2D eigenvalue weighted by atomic mass is 32.1. The maximum atomic E-state index is 4.71. The molecule has 104 valence electrons. The molecule has 2 nitrogen and oxygen atoms in total. The third-order valence-electron chi connectivity index (χ3n) is 3.04. The van der Waals surface area contributed by atoms with Crippen molar-refractivity contribution in [3.8, 4) is 0 Å². The molecule has 0 amide bonds. The lowest BCUT2D eigenvalue weighted by molar-refractivity contribution is 0.568. The van der Waals surface area contributed by atoms with Gasteiger partial charge in [-0.05, 0) is 13.0 Å². The molecule has 1 N–H and O–H groups in total. The number of nitrogens with one attached hydrogen (secondary N) is 1. The molecule has 3 heteroatoms. The van der Waals surface area contributed by atoms with E-state index in [9.17, 15) is 0 Å². The van der Waals surface area contributed by atoms with Gasteiger partial charge in [-0.3, -0.25) is 0 Å². The summed E-state index contributed by atoms with van der Waals surface area (Å²) in [7, 11) is 0. The molecule has 1 aromatic heterocycles.